The summed E-state index contributed by atoms with van der Waals surface area (Å²) in [6.07, 6.45) is 13.0. The van der Waals surface area contributed by atoms with Gasteiger partial charge in [-0.2, -0.15) is 0 Å². The van der Waals surface area contributed by atoms with Crippen LogP contribution in [0.4, 0.5) is 0 Å². The zero-order chi connectivity index (χ0) is 12.5. The van der Waals surface area contributed by atoms with E-state index in [1.54, 1.807) is 6.08 Å². The molecule has 18 heavy (non-hydrogen) atoms. The van der Waals surface area contributed by atoms with Crippen LogP contribution in [0.5, 0.6) is 0 Å². The largest absolute Gasteiger partial charge is 0.350 e. The summed E-state index contributed by atoms with van der Waals surface area (Å²) < 4.78 is 2.02. The Kier molecular flexibility index (Phi) is 2.94. The molecule has 2 fully saturated rings. The lowest BCUT2D eigenvalue weighted by molar-refractivity contribution is -0.109. The molecule has 0 aromatic carbocycles. The number of aryl methyl sites for hydroxylation is 1. The van der Waals surface area contributed by atoms with E-state index in [0.717, 1.165) is 11.3 Å². The van der Waals surface area contributed by atoms with Crippen molar-refractivity contribution in [1.82, 2.24) is 4.57 Å². The van der Waals surface area contributed by atoms with E-state index in [-0.39, 0.29) is 5.78 Å². The van der Waals surface area contributed by atoms with Gasteiger partial charge in [0, 0.05) is 18.8 Å². The fourth-order valence-electron chi connectivity index (χ4n) is 2.14. The maximum absolute atomic E-state index is 12.3. The Morgan fingerprint density at radius 1 is 1.28 bits per heavy atom. The Balaban J connectivity index is 1.85. The Hall–Kier alpha value is -1.57. The molecule has 2 nitrogen and oxygen atoms in total. The molecule has 1 heterocycles. The van der Waals surface area contributed by atoms with Gasteiger partial charge in [0.15, 0.2) is 5.78 Å². The van der Waals surface area contributed by atoms with Gasteiger partial charge in [-0.05, 0) is 55.7 Å². The summed E-state index contributed by atoms with van der Waals surface area (Å²) in [6.45, 7) is 0. The van der Waals surface area contributed by atoms with Crippen molar-refractivity contribution >= 4 is 11.4 Å². The zero-order valence-electron chi connectivity index (χ0n) is 10.8. The van der Waals surface area contributed by atoms with Gasteiger partial charge in [-0.3, -0.25) is 4.79 Å². The molecule has 0 bridgehead atoms. The van der Waals surface area contributed by atoms with Gasteiger partial charge in [-0.25, -0.2) is 0 Å². The molecule has 2 heteroatoms. The molecule has 94 valence electrons. The topological polar surface area (TPSA) is 22.0 Å². The van der Waals surface area contributed by atoms with Gasteiger partial charge in [0.05, 0.1) is 5.69 Å². The molecular weight excluding hydrogens is 222 g/mol. The number of rotatable bonds is 5. The molecule has 0 aliphatic heterocycles. The molecule has 2 aliphatic carbocycles. The quantitative estimate of drug-likeness (QED) is 0.725. The van der Waals surface area contributed by atoms with E-state index in [2.05, 4.69) is 12.2 Å². The lowest BCUT2D eigenvalue weighted by atomic mass is 10.0. The first-order valence-electron chi connectivity index (χ1n) is 6.80. The monoisotopic (exact) mass is 241 g/mol. The fourth-order valence-corrected chi connectivity index (χ4v) is 2.14. The minimum Gasteiger partial charge on any atom is -0.350 e. The molecular formula is C16H19NO. The third-order valence-electron chi connectivity index (χ3n) is 3.65. The summed E-state index contributed by atoms with van der Waals surface area (Å²) in [5.41, 5.74) is 1.91. The van der Waals surface area contributed by atoms with Gasteiger partial charge < -0.3 is 4.57 Å². The smallest absolute Gasteiger partial charge is 0.187 e. The number of nitrogens with zero attached hydrogens (tertiary/aromatic N) is 1. The van der Waals surface area contributed by atoms with Crippen molar-refractivity contribution < 1.29 is 4.79 Å². The van der Waals surface area contributed by atoms with Crippen LogP contribution in [0.25, 0.3) is 5.57 Å². The molecule has 0 saturated heterocycles. The fraction of sp³-hybridized carbons (Fsp3) is 0.438. The number of allylic oxidation sites excluding steroid dienone is 4. The van der Waals surface area contributed by atoms with Crippen LogP contribution in [0.15, 0.2) is 36.6 Å². The maximum atomic E-state index is 12.3. The molecule has 0 amide bonds. The van der Waals surface area contributed by atoms with Gasteiger partial charge in [-0.1, -0.05) is 12.2 Å². The van der Waals surface area contributed by atoms with Crippen LogP contribution >= 0.6 is 0 Å². The SMILES string of the molecule is Cn1cccc1/C(=C/C1CC1)C(=O)/C=C/C1CC1. The average molecular weight is 241 g/mol. The molecule has 3 rings (SSSR count). The number of carbonyl (C=O) groups excluding carboxylic acids is 1. The molecule has 0 spiro atoms. The first-order chi connectivity index (χ1) is 8.74. The van der Waals surface area contributed by atoms with Crippen molar-refractivity contribution in [3.05, 3.63) is 42.3 Å². The van der Waals surface area contributed by atoms with Gasteiger partial charge in [-0.15, -0.1) is 0 Å². The Morgan fingerprint density at radius 3 is 2.56 bits per heavy atom. The van der Waals surface area contributed by atoms with Crippen LogP contribution in [-0.2, 0) is 11.8 Å². The molecule has 0 N–H and O–H groups in total. The third-order valence-corrected chi connectivity index (χ3v) is 3.65. The van der Waals surface area contributed by atoms with E-state index in [4.69, 9.17) is 0 Å². The average Bonchev–Trinajstić information content (AvgIpc) is 3.26. The Morgan fingerprint density at radius 2 is 2.00 bits per heavy atom. The van der Waals surface area contributed by atoms with Crippen LogP contribution < -0.4 is 0 Å². The summed E-state index contributed by atoms with van der Waals surface area (Å²) in [5.74, 6) is 1.44. The lowest BCUT2D eigenvalue weighted by Crippen LogP contribution is -2.03. The molecule has 2 aliphatic rings. The van der Waals surface area contributed by atoms with Crippen molar-refractivity contribution in [1.29, 1.82) is 0 Å². The maximum Gasteiger partial charge on any atom is 0.187 e. The third kappa shape index (κ3) is 2.63. The van der Waals surface area contributed by atoms with E-state index >= 15 is 0 Å². The van der Waals surface area contributed by atoms with Crippen LogP contribution in [0.3, 0.4) is 0 Å². The van der Waals surface area contributed by atoms with E-state index in [1.807, 2.05) is 29.9 Å². The standard InChI is InChI=1S/C16H19NO/c1-17-10-2-3-15(17)14(11-13-6-7-13)16(18)9-8-12-4-5-12/h2-3,8-13H,4-7H2,1H3/b9-8+,14-11-. The minimum absolute atomic E-state index is 0.163. The first-order valence-corrected chi connectivity index (χ1v) is 6.80. The van der Waals surface area contributed by atoms with Crippen molar-refractivity contribution in [2.45, 2.75) is 25.7 Å². The van der Waals surface area contributed by atoms with Gasteiger partial charge in [0.2, 0.25) is 0 Å². The highest BCUT2D eigenvalue weighted by Gasteiger charge is 2.23. The van der Waals surface area contributed by atoms with Crippen LogP contribution in [0, 0.1) is 11.8 Å². The number of hydrogen-bond acceptors (Lipinski definition) is 1. The minimum atomic E-state index is 0.163. The second-order valence-electron chi connectivity index (χ2n) is 5.48. The first kappa shape index (κ1) is 11.5. The zero-order valence-corrected chi connectivity index (χ0v) is 10.8. The highest BCUT2D eigenvalue weighted by Crippen LogP contribution is 2.34. The predicted molar refractivity (Wildman–Crippen MR) is 73.0 cm³/mol. The van der Waals surface area contributed by atoms with E-state index < -0.39 is 0 Å². The number of carbonyl (C=O) groups is 1. The summed E-state index contributed by atoms with van der Waals surface area (Å²) in [6, 6.07) is 4.02. The molecule has 1 aromatic heterocycles. The predicted octanol–water partition coefficient (Wildman–Crippen LogP) is 3.35. The van der Waals surface area contributed by atoms with Crippen LogP contribution in [0.2, 0.25) is 0 Å². The van der Waals surface area contributed by atoms with E-state index in [1.165, 1.54) is 25.7 Å². The lowest BCUT2D eigenvalue weighted by Gasteiger charge is -2.06. The van der Waals surface area contributed by atoms with Crippen molar-refractivity contribution in [3.63, 3.8) is 0 Å². The summed E-state index contributed by atoms with van der Waals surface area (Å²) in [4.78, 5) is 12.3. The van der Waals surface area contributed by atoms with Crippen LogP contribution in [0.1, 0.15) is 31.4 Å². The number of aromatic nitrogens is 1. The van der Waals surface area contributed by atoms with Crippen molar-refractivity contribution in [2.24, 2.45) is 18.9 Å². The second-order valence-corrected chi connectivity index (χ2v) is 5.48. The molecule has 0 radical (unpaired) electrons. The summed E-state index contributed by atoms with van der Waals surface area (Å²) in [7, 11) is 1.99. The number of ketones is 1. The normalized spacial score (nSPS) is 20.6. The van der Waals surface area contributed by atoms with Gasteiger partial charge in [0.25, 0.3) is 0 Å². The van der Waals surface area contributed by atoms with Gasteiger partial charge in [0.1, 0.15) is 0 Å². The van der Waals surface area contributed by atoms with Gasteiger partial charge >= 0.3 is 0 Å². The van der Waals surface area contributed by atoms with Crippen molar-refractivity contribution in [2.75, 3.05) is 0 Å². The number of hydrogen-bond donors (Lipinski definition) is 0. The highest BCUT2D eigenvalue weighted by atomic mass is 16.1. The molecule has 0 atom stereocenters. The summed E-state index contributed by atoms with van der Waals surface area (Å²) >= 11 is 0. The van der Waals surface area contributed by atoms with E-state index in [9.17, 15) is 4.79 Å². The highest BCUT2D eigenvalue weighted by molar-refractivity contribution is 6.25. The Bertz CT molecular complexity index is 513. The van der Waals surface area contributed by atoms with E-state index in [0.29, 0.717) is 11.8 Å². The molecule has 0 unspecified atom stereocenters. The summed E-state index contributed by atoms with van der Waals surface area (Å²) in [5, 5.41) is 0. The Labute approximate surface area is 108 Å². The molecule has 2 saturated carbocycles. The van der Waals surface area contributed by atoms with Crippen molar-refractivity contribution in [3.8, 4) is 0 Å². The molecule has 1 aromatic rings. The second kappa shape index (κ2) is 4.60. The van der Waals surface area contributed by atoms with Crippen LogP contribution in [-0.4, -0.2) is 10.4 Å².